The Morgan fingerprint density at radius 1 is 1.47 bits per heavy atom. The lowest BCUT2D eigenvalue weighted by Crippen LogP contribution is -2.16. The second-order valence-electron chi connectivity index (χ2n) is 3.75. The first-order chi connectivity index (χ1) is 7.36. The molecule has 0 saturated heterocycles. The van der Waals surface area contributed by atoms with Gasteiger partial charge in [-0.25, -0.2) is 9.97 Å². The van der Waals surface area contributed by atoms with Crippen LogP contribution in [0.25, 0.3) is 0 Å². The summed E-state index contributed by atoms with van der Waals surface area (Å²) in [6, 6.07) is 0. The second-order valence-corrected chi connectivity index (χ2v) is 4.61. The SMILES string of the molecule is Brc1cncnc1NCC1CC=CCC1. The molecule has 1 aromatic rings. The van der Waals surface area contributed by atoms with Gasteiger partial charge in [0.25, 0.3) is 0 Å². The minimum absolute atomic E-state index is 0.733. The summed E-state index contributed by atoms with van der Waals surface area (Å²) in [7, 11) is 0. The lowest BCUT2D eigenvalue weighted by Gasteiger charge is -2.18. The van der Waals surface area contributed by atoms with Gasteiger partial charge in [-0.05, 0) is 41.1 Å². The molecule has 0 aromatic carbocycles. The average molecular weight is 268 g/mol. The molecule has 15 heavy (non-hydrogen) atoms. The Morgan fingerprint density at radius 2 is 2.40 bits per heavy atom. The number of halogens is 1. The van der Waals surface area contributed by atoms with Crippen molar-refractivity contribution in [2.75, 3.05) is 11.9 Å². The molecule has 3 nitrogen and oxygen atoms in total. The molecule has 1 aliphatic carbocycles. The number of hydrogen-bond donors (Lipinski definition) is 1. The normalized spacial score (nSPS) is 20.2. The van der Waals surface area contributed by atoms with Crippen LogP contribution >= 0.6 is 15.9 Å². The Morgan fingerprint density at radius 3 is 3.13 bits per heavy atom. The van der Waals surface area contributed by atoms with Crippen LogP contribution in [0.3, 0.4) is 0 Å². The third-order valence-corrected chi connectivity index (χ3v) is 3.18. The van der Waals surface area contributed by atoms with Gasteiger partial charge in [0.15, 0.2) is 0 Å². The van der Waals surface area contributed by atoms with E-state index in [-0.39, 0.29) is 0 Å². The summed E-state index contributed by atoms with van der Waals surface area (Å²) in [6.45, 7) is 0.986. The van der Waals surface area contributed by atoms with Crippen LogP contribution in [-0.4, -0.2) is 16.5 Å². The Balaban J connectivity index is 1.87. The monoisotopic (exact) mass is 267 g/mol. The summed E-state index contributed by atoms with van der Waals surface area (Å²) in [5.41, 5.74) is 0. The fourth-order valence-corrected chi connectivity index (χ4v) is 2.09. The van der Waals surface area contributed by atoms with E-state index in [1.807, 2.05) is 0 Å². The van der Waals surface area contributed by atoms with Crippen molar-refractivity contribution in [3.8, 4) is 0 Å². The highest BCUT2D eigenvalue weighted by molar-refractivity contribution is 9.10. The van der Waals surface area contributed by atoms with Crippen LogP contribution in [0.5, 0.6) is 0 Å². The van der Waals surface area contributed by atoms with Crippen LogP contribution in [0.4, 0.5) is 5.82 Å². The highest BCUT2D eigenvalue weighted by Gasteiger charge is 2.10. The van der Waals surface area contributed by atoms with Crippen molar-refractivity contribution >= 4 is 21.7 Å². The third-order valence-electron chi connectivity index (χ3n) is 2.60. The topological polar surface area (TPSA) is 37.8 Å². The molecule has 0 saturated carbocycles. The number of nitrogens with zero attached hydrogens (tertiary/aromatic N) is 2. The smallest absolute Gasteiger partial charge is 0.143 e. The lowest BCUT2D eigenvalue weighted by molar-refractivity contribution is 0.503. The van der Waals surface area contributed by atoms with Gasteiger partial charge in [0.05, 0.1) is 4.47 Å². The summed E-state index contributed by atoms with van der Waals surface area (Å²) in [6.07, 6.45) is 11.5. The second kappa shape index (κ2) is 5.26. The fourth-order valence-electron chi connectivity index (χ4n) is 1.73. The number of rotatable bonds is 3. The van der Waals surface area contributed by atoms with Crippen LogP contribution in [0, 0.1) is 5.92 Å². The molecule has 0 radical (unpaired) electrons. The Kier molecular flexibility index (Phi) is 3.72. The summed E-state index contributed by atoms with van der Waals surface area (Å²) in [4.78, 5) is 8.11. The van der Waals surface area contributed by atoms with Gasteiger partial charge < -0.3 is 5.32 Å². The molecule has 1 N–H and O–H groups in total. The molecule has 1 unspecified atom stereocenters. The molecule has 0 bridgehead atoms. The molecule has 0 fully saturated rings. The average Bonchev–Trinajstić information content (AvgIpc) is 2.29. The Bertz CT molecular complexity index is 351. The molecule has 0 aliphatic heterocycles. The summed E-state index contributed by atoms with van der Waals surface area (Å²) < 4.78 is 0.927. The van der Waals surface area contributed by atoms with E-state index in [0.29, 0.717) is 0 Å². The van der Waals surface area contributed by atoms with Gasteiger partial charge in [-0.1, -0.05) is 12.2 Å². The quantitative estimate of drug-likeness (QED) is 0.856. The zero-order valence-electron chi connectivity index (χ0n) is 8.49. The van der Waals surface area contributed by atoms with Crippen molar-refractivity contribution in [2.45, 2.75) is 19.3 Å². The molecular weight excluding hydrogens is 254 g/mol. The van der Waals surface area contributed by atoms with Crippen molar-refractivity contribution in [1.29, 1.82) is 0 Å². The van der Waals surface area contributed by atoms with E-state index in [2.05, 4.69) is 43.4 Å². The first-order valence-electron chi connectivity index (χ1n) is 5.20. The van der Waals surface area contributed by atoms with Gasteiger partial charge in [0.2, 0.25) is 0 Å². The number of anilines is 1. The minimum Gasteiger partial charge on any atom is -0.369 e. The number of nitrogens with one attached hydrogen (secondary N) is 1. The van der Waals surface area contributed by atoms with E-state index in [9.17, 15) is 0 Å². The molecule has 4 heteroatoms. The van der Waals surface area contributed by atoms with Crippen molar-refractivity contribution < 1.29 is 0 Å². The van der Waals surface area contributed by atoms with Crippen molar-refractivity contribution in [3.63, 3.8) is 0 Å². The van der Waals surface area contributed by atoms with Gasteiger partial charge in [-0.2, -0.15) is 0 Å². The van der Waals surface area contributed by atoms with Crippen LogP contribution in [-0.2, 0) is 0 Å². The Labute approximate surface area is 98.1 Å². The molecule has 1 atom stereocenters. The lowest BCUT2D eigenvalue weighted by atomic mass is 9.94. The van der Waals surface area contributed by atoms with Crippen LogP contribution < -0.4 is 5.32 Å². The molecule has 80 valence electrons. The summed E-state index contributed by atoms with van der Waals surface area (Å²) in [5.74, 6) is 1.62. The van der Waals surface area contributed by atoms with E-state index in [0.717, 1.165) is 22.8 Å². The maximum atomic E-state index is 4.18. The first kappa shape index (κ1) is 10.6. The number of aromatic nitrogens is 2. The van der Waals surface area contributed by atoms with Gasteiger partial charge >= 0.3 is 0 Å². The first-order valence-corrected chi connectivity index (χ1v) is 6.00. The molecule has 0 amide bonds. The molecular formula is C11H14BrN3. The van der Waals surface area contributed by atoms with Crippen LogP contribution in [0.1, 0.15) is 19.3 Å². The molecule has 1 heterocycles. The van der Waals surface area contributed by atoms with E-state index >= 15 is 0 Å². The molecule has 2 rings (SSSR count). The predicted octanol–water partition coefficient (Wildman–Crippen LogP) is 3.01. The van der Waals surface area contributed by atoms with E-state index < -0.39 is 0 Å². The van der Waals surface area contributed by atoms with Crippen molar-refractivity contribution in [3.05, 3.63) is 29.1 Å². The standard InChI is InChI=1S/C11H14BrN3/c12-10-7-13-8-15-11(10)14-6-9-4-2-1-3-5-9/h1-2,7-9H,3-6H2,(H,13,14,15). The summed E-state index contributed by atoms with van der Waals surface area (Å²) in [5, 5.41) is 3.35. The maximum Gasteiger partial charge on any atom is 0.143 e. The van der Waals surface area contributed by atoms with Crippen LogP contribution in [0.2, 0.25) is 0 Å². The van der Waals surface area contributed by atoms with E-state index in [4.69, 9.17) is 0 Å². The van der Waals surface area contributed by atoms with Crippen molar-refractivity contribution in [1.82, 2.24) is 9.97 Å². The molecule has 1 aromatic heterocycles. The van der Waals surface area contributed by atoms with E-state index in [1.54, 1.807) is 12.5 Å². The molecule has 0 spiro atoms. The number of allylic oxidation sites excluding steroid dienone is 2. The zero-order chi connectivity index (χ0) is 10.5. The van der Waals surface area contributed by atoms with Gasteiger partial charge in [-0.3, -0.25) is 0 Å². The number of hydrogen-bond acceptors (Lipinski definition) is 3. The largest absolute Gasteiger partial charge is 0.369 e. The third kappa shape index (κ3) is 3.02. The zero-order valence-corrected chi connectivity index (χ0v) is 10.1. The maximum absolute atomic E-state index is 4.18. The van der Waals surface area contributed by atoms with Gasteiger partial charge in [0, 0.05) is 12.7 Å². The van der Waals surface area contributed by atoms with Gasteiger partial charge in [-0.15, -0.1) is 0 Å². The molecule has 1 aliphatic rings. The summed E-state index contributed by atoms with van der Waals surface area (Å²) >= 11 is 3.42. The van der Waals surface area contributed by atoms with E-state index in [1.165, 1.54) is 19.3 Å². The minimum atomic E-state index is 0.733. The highest BCUT2D eigenvalue weighted by Crippen LogP contribution is 2.21. The highest BCUT2D eigenvalue weighted by atomic mass is 79.9. The van der Waals surface area contributed by atoms with Gasteiger partial charge in [0.1, 0.15) is 12.1 Å². The van der Waals surface area contributed by atoms with Crippen LogP contribution in [0.15, 0.2) is 29.1 Å². The predicted molar refractivity (Wildman–Crippen MR) is 64.7 cm³/mol. The Hall–Kier alpha value is -0.900. The fraction of sp³-hybridized carbons (Fsp3) is 0.455. The van der Waals surface area contributed by atoms with Crippen molar-refractivity contribution in [2.24, 2.45) is 5.92 Å².